The summed E-state index contributed by atoms with van der Waals surface area (Å²) in [5.41, 5.74) is 10.3. The maximum Gasteiger partial charge on any atom is 0.250 e. The molecule has 2 aromatic heterocycles. The number of rotatable bonds is 5. The van der Waals surface area contributed by atoms with Crippen LogP contribution in [0.5, 0.6) is 0 Å². The minimum absolute atomic E-state index is 0.246. The molecule has 0 aliphatic carbocycles. The normalized spacial score (nSPS) is 21.2. The second-order valence-corrected chi connectivity index (χ2v) is 12.9. The number of nitrogens with one attached hydrogen (secondary N) is 1. The van der Waals surface area contributed by atoms with Gasteiger partial charge in [-0.05, 0) is 85.0 Å². The number of amides is 1. The highest BCUT2D eigenvalue weighted by molar-refractivity contribution is 8.24. The van der Waals surface area contributed by atoms with Gasteiger partial charge >= 0.3 is 0 Å². The molecule has 0 saturated carbocycles. The van der Waals surface area contributed by atoms with Crippen molar-refractivity contribution in [2.45, 2.75) is 51.0 Å². The van der Waals surface area contributed by atoms with Crippen LogP contribution < -0.4 is 5.73 Å². The zero-order valence-electron chi connectivity index (χ0n) is 18.9. The van der Waals surface area contributed by atoms with Crippen LogP contribution in [0.1, 0.15) is 65.2 Å². The van der Waals surface area contributed by atoms with Crippen molar-refractivity contribution in [3.63, 3.8) is 0 Å². The molecule has 33 heavy (non-hydrogen) atoms. The van der Waals surface area contributed by atoms with E-state index in [1.54, 1.807) is 11.3 Å². The Morgan fingerprint density at radius 2 is 1.82 bits per heavy atom. The third kappa shape index (κ3) is 5.00. The van der Waals surface area contributed by atoms with Gasteiger partial charge in [-0.15, -0.1) is 11.3 Å². The summed E-state index contributed by atoms with van der Waals surface area (Å²) in [4.78, 5) is 19.5. The predicted octanol–water partition coefficient (Wildman–Crippen LogP) is 6.00. The van der Waals surface area contributed by atoms with E-state index in [4.69, 9.17) is 5.73 Å². The molecule has 178 valence electrons. The number of aromatic nitrogens is 1. The molecule has 4 heterocycles. The number of aromatic amines is 1. The van der Waals surface area contributed by atoms with Crippen molar-refractivity contribution in [2.24, 2.45) is 5.73 Å². The Balaban J connectivity index is 1.46. The zero-order chi connectivity index (χ0) is 23.0. The third-order valence-corrected chi connectivity index (χ3v) is 9.88. The molecular formula is C25H33N3O3S2. The maximum absolute atomic E-state index is 12.3. The second-order valence-electron chi connectivity index (χ2n) is 9.53. The van der Waals surface area contributed by atoms with Crippen LogP contribution in [0.15, 0.2) is 29.8 Å². The molecule has 1 amide bonds. The highest BCUT2D eigenvalue weighted by Crippen LogP contribution is 2.49. The third-order valence-electron chi connectivity index (χ3n) is 7.18. The van der Waals surface area contributed by atoms with Gasteiger partial charge < -0.3 is 10.7 Å². The molecule has 0 unspecified atom stereocenters. The summed E-state index contributed by atoms with van der Waals surface area (Å²) in [6, 6.07) is 6.32. The Kier molecular flexibility index (Phi) is 6.55. The summed E-state index contributed by atoms with van der Waals surface area (Å²) < 4.78 is 20.0. The molecule has 5 N–H and O–H groups in total. The highest BCUT2D eigenvalue weighted by Gasteiger charge is 2.27. The summed E-state index contributed by atoms with van der Waals surface area (Å²) in [6.07, 6.45) is 8.68. The van der Waals surface area contributed by atoms with Crippen molar-refractivity contribution < 1.29 is 13.9 Å². The molecule has 2 aliphatic rings. The fourth-order valence-electron chi connectivity index (χ4n) is 5.30. The number of nitrogens with two attached hydrogens (primary N) is 1. The van der Waals surface area contributed by atoms with Gasteiger partial charge in [-0.25, -0.2) is 0 Å². The first-order chi connectivity index (χ1) is 15.9. The number of thiophene rings is 1. The number of primary amides is 1. The van der Waals surface area contributed by atoms with Crippen molar-refractivity contribution >= 4 is 38.7 Å². The van der Waals surface area contributed by atoms with Crippen LogP contribution in [0.2, 0.25) is 0 Å². The van der Waals surface area contributed by atoms with Gasteiger partial charge in [-0.2, -0.15) is 10.6 Å². The molecule has 1 aromatic carbocycles. The molecule has 2 aliphatic heterocycles. The number of carbonyl (C=O) groups excluding carboxylic acids is 1. The van der Waals surface area contributed by atoms with E-state index < -0.39 is 16.5 Å². The Hall–Kier alpha value is -1.84. The predicted molar refractivity (Wildman–Crippen MR) is 138 cm³/mol. The smallest absolute Gasteiger partial charge is 0.250 e. The molecule has 2 saturated heterocycles. The fraction of sp³-hybridized carbons (Fsp3) is 0.480. The van der Waals surface area contributed by atoms with Gasteiger partial charge in [0, 0.05) is 34.5 Å². The molecule has 6 nitrogen and oxygen atoms in total. The molecule has 3 aromatic rings. The number of nitrogens with zero attached hydrogens (tertiary/aromatic N) is 1. The van der Waals surface area contributed by atoms with Crippen molar-refractivity contribution in [1.82, 2.24) is 9.88 Å². The molecular weight excluding hydrogens is 454 g/mol. The summed E-state index contributed by atoms with van der Waals surface area (Å²) in [6.45, 7) is 3.33. The lowest BCUT2D eigenvalue weighted by Crippen LogP contribution is -2.23. The first-order valence-electron chi connectivity index (χ1n) is 11.9. The van der Waals surface area contributed by atoms with Gasteiger partial charge in [0.05, 0.1) is 11.1 Å². The van der Waals surface area contributed by atoms with E-state index in [2.05, 4.69) is 27.4 Å². The van der Waals surface area contributed by atoms with E-state index in [-0.39, 0.29) is 5.92 Å². The first-order valence-corrected chi connectivity index (χ1v) is 14.6. The number of hydrogen-bond donors (Lipinski definition) is 4. The molecule has 2 fully saturated rings. The van der Waals surface area contributed by atoms with E-state index in [0.29, 0.717) is 17.1 Å². The molecule has 0 radical (unpaired) electrons. The van der Waals surface area contributed by atoms with Crippen molar-refractivity contribution in [3.8, 4) is 11.1 Å². The Morgan fingerprint density at radius 1 is 1.09 bits per heavy atom. The van der Waals surface area contributed by atoms with Crippen LogP contribution in [-0.4, -0.2) is 49.5 Å². The largest absolute Gasteiger partial charge is 0.366 e. The van der Waals surface area contributed by atoms with Crippen molar-refractivity contribution in [2.75, 3.05) is 24.6 Å². The minimum atomic E-state index is -2.43. The molecule has 0 bridgehead atoms. The SMILES string of the molecule is NC(=O)c1cc(-c2csc(CN3CCCCCC3)c2)cc2c(C3CCS(O)(O)CC3)c[nH]c12. The number of likely N-dealkylation sites (tertiary alicyclic amines) is 1. The van der Waals surface area contributed by atoms with Crippen LogP contribution in [0, 0.1) is 0 Å². The Labute approximate surface area is 200 Å². The molecule has 5 rings (SSSR count). The summed E-state index contributed by atoms with van der Waals surface area (Å²) in [7, 11) is -2.43. The lowest BCUT2D eigenvalue weighted by molar-refractivity contribution is 0.100. The average molecular weight is 488 g/mol. The van der Waals surface area contributed by atoms with Gasteiger partial charge in [0.1, 0.15) is 0 Å². The van der Waals surface area contributed by atoms with Gasteiger partial charge in [0.2, 0.25) is 0 Å². The standard InChI is InChI=1S/C25H33N3O3S2/c26-25(29)22-13-18(19-11-20(32-16-19)15-28-7-3-1-2-4-8-28)12-21-23(14-27-24(21)22)17-5-9-33(30,31)10-6-17/h11-14,16-17,27,30-31H,1-10,15H2,(H2,26,29). The monoisotopic (exact) mass is 487 g/mol. The number of hydrogen-bond acceptors (Lipinski definition) is 5. The number of fused-ring (bicyclic) bond motifs is 1. The summed E-state index contributed by atoms with van der Waals surface area (Å²) in [5, 5.41) is 3.20. The number of H-pyrrole nitrogens is 1. The summed E-state index contributed by atoms with van der Waals surface area (Å²) >= 11 is 1.78. The topological polar surface area (TPSA) is 103 Å². The van der Waals surface area contributed by atoms with E-state index >= 15 is 0 Å². The quantitative estimate of drug-likeness (QED) is 0.354. The fourth-order valence-corrected chi connectivity index (χ4v) is 7.76. The van der Waals surface area contributed by atoms with Crippen LogP contribution in [0.4, 0.5) is 0 Å². The zero-order valence-corrected chi connectivity index (χ0v) is 20.5. The van der Waals surface area contributed by atoms with Crippen LogP contribution in [0.25, 0.3) is 22.0 Å². The van der Waals surface area contributed by atoms with Crippen molar-refractivity contribution in [1.29, 1.82) is 0 Å². The van der Waals surface area contributed by atoms with E-state index in [1.807, 2.05) is 12.3 Å². The van der Waals surface area contributed by atoms with Gasteiger partial charge in [-0.3, -0.25) is 18.8 Å². The number of benzene rings is 1. The summed E-state index contributed by atoms with van der Waals surface area (Å²) in [5.74, 6) is 0.692. The van der Waals surface area contributed by atoms with E-state index in [9.17, 15) is 13.9 Å². The van der Waals surface area contributed by atoms with Crippen LogP contribution >= 0.6 is 21.9 Å². The van der Waals surface area contributed by atoms with Gasteiger partial charge in [-0.1, -0.05) is 12.8 Å². The van der Waals surface area contributed by atoms with E-state index in [0.717, 1.165) is 47.0 Å². The molecule has 0 atom stereocenters. The highest BCUT2D eigenvalue weighted by atomic mass is 32.3. The average Bonchev–Trinajstić information content (AvgIpc) is 3.34. The van der Waals surface area contributed by atoms with Gasteiger partial charge in [0.25, 0.3) is 5.91 Å². The lowest BCUT2D eigenvalue weighted by atomic mass is 9.91. The number of carbonyl (C=O) groups is 1. The second kappa shape index (κ2) is 9.43. The maximum atomic E-state index is 12.3. The van der Waals surface area contributed by atoms with Gasteiger partial charge in [0.15, 0.2) is 0 Å². The van der Waals surface area contributed by atoms with Crippen LogP contribution in [-0.2, 0) is 6.54 Å². The van der Waals surface area contributed by atoms with Crippen LogP contribution in [0.3, 0.4) is 0 Å². The van der Waals surface area contributed by atoms with Crippen molar-refractivity contribution in [3.05, 3.63) is 45.8 Å². The Morgan fingerprint density at radius 3 is 2.52 bits per heavy atom. The Bertz CT molecular complexity index is 1140. The molecule has 8 heteroatoms. The first kappa shape index (κ1) is 22.9. The molecule has 0 spiro atoms. The van der Waals surface area contributed by atoms with E-state index in [1.165, 1.54) is 43.6 Å². The minimum Gasteiger partial charge on any atom is -0.366 e. The lowest BCUT2D eigenvalue weighted by Gasteiger charge is -2.39.